The second-order valence-electron chi connectivity index (χ2n) is 16.1. The van der Waals surface area contributed by atoms with Crippen LogP contribution in [0.3, 0.4) is 0 Å². The lowest BCUT2D eigenvalue weighted by atomic mass is 9.63. The van der Waals surface area contributed by atoms with E-state index < -0.39 is 26.8 Å². The van der Waals surface area contributed by atoms with Crippen LogP contribution >= 0.6 is 11.6 Å². The summed E-state index contributed by atoms with van der Waals surface area (Å²) in [7, 11) is -3.95. The van der Waals surface area contributed by atoms with Crippen molar-refractivity contribution in [1.29, 1.82) is 0 Å². The van der Waals surface area contributed by atoms with E-state index in [-0.39, 0.29) is 17.3 Å². The molecule has 9 nitrogen and oxygen atoms in total. The summed E-state index contributed by atoms with van der Waals surface area (Å²) in [6.45, 7) is 16.6. The zero-order valence-electron chi connectivity index (χ0n) is 31.4. The van der Waals surface area contributed by atoms with Crippen molar-refractivity contribution in [2.75, 3.05) is 70.5 Å². The highest BCUT2D eigenvalue weighted by Crippen LogP contribution is 2.49. The number of benzene rings is 2. The van der Waals surface area contributed by atoms with Crippen molar-refractivity contribution in [3.8, 4) is 5.75 Å². The Bertz CT molecular complexity index is 1760. The summed E-state index contributed by atoms with van der Waals surface area (Å²) >= 11 is 6.51. The van der Waals surface area contributed by atoms with Gasteiger partial charge in [-0.25, -0.2) is 13.1 Å². The molecular weight excluding hydrogens is 696 g/mol. The molecule has 1 saturated carbocycles. The van der Waals surface area contributed by atoms with E-state index in [0.29, 0.717) is 31.1 Å². The first-order chi connectivity index (χ1) is 25.0. The highest BCUT2D eigenvalue weighted by Gasteiger charge is 2.50. The number of carbonyl (C=O) groups excluding carboxylic acids is 1. The Hall–Kier alpha value is -2.63. The third kappa shape index (κ3) is 7.39. The maximum Gasteiger partial charge on any atom is 0.264 e. The average Bonchev–Trinajstić information content (AvgIpc) is 3.26. The van der Waals surface area contributed by atoms with Crippen molar-refractivity contribution in [2.24, 2.45) is 17.8 Å². The SMILES string of the molecule is CCO[C@@]1(CN2CCN(CC)CC2)/C=C/C[C@H](C)[C@@H](C)S(=O)(=O)NC(=O)c2ccc3c(c2)N(C[C@@H]2CC[C@H]21)C[C@@]1(CCCc2cc(Cl)ccc21)CO3. The van der Waals surface area contributed by atoms with Gasteiger partial charge >= 0.3 is 0 Å². The van der Waals surface area contributed by atoms with Gasteiger partial charge in [-0.15, -0.1) is 0 Å². The third-order valence-electron chi connectivity index (χ3n) is 13.0. The summed E-state index contributed by atoms with van der Waals surface area (Å²) in [6, 6.07) is 11.7. The van der Waals surface area contributed by atoms with Gasteiger partial charge < -0.3 is 19.3 Å². The number of amides is 1. The normalized spacial score (nSPS) is 33.2. The number of nitrogens with zero attached hydrogens (tertiary/aromatic N) is 3. The summed E-state index contributed by atoms with van der Waals surface area (Å²) in [5.41, 5.74) is 2.97. The fourth-order valence-electron chi connectivity index (χ4n) is 9.61. The van der Waals surface area contributed by atoms with Crippen LogP contribution in [0.15, 0.2) is 48.6 Å². The first kappa shape index (κ1) is 37.7. The van der Waals surface area contributed by atoms with Crippen LogP contribution < -0.4 is 14.4 Å². The number of allylic oxidation sites excluding steroid dienone is 1. The number of likely N-dealkylation sites (N-methyl/N-ethyl adjacent to an activating group) is 1. The number of hydrogen-bond donors (Lipinski definition) is 1. The number of ether oxygens (including phenoxy) is 2. The van der Waals surface area contributed by atoms with E-state index in [9.17, 15) is 13.2 Å². The van der Waals surface area contributed by atoms with Crippen LogP contribution in [0, 0.1) is 17.8 Å². The van der Waals surface area contributed by atoms with Gasteiger partial charge in [0.25, 0.3) is 5.91 Å². The number of anilines is 1. The molecular formula is C41H57ClN4O5S. The molecule has 2 aliphatic carbocycles. The van der Waals surface area contributed by atoms with E-state index in [1.54, 1.807) is 13.0 Å². The van der Waals surface area contributed by atoms with E-state index in [0.717, 1.165) is 101 Å². The molecule has 2 fully saturated rings. The topological polar surface area (TPSA) is 91.4 Å². The Morgan fingerprint density at radius 1 is 1.04 bits per heavy atom. The Balaban J connectivity index is 1.31. The van der Waals surface area contributed by atoms with Gasteiger partial charge in [-0.1, -0.05) is 43.7 Å². The number of piperazine rings is 1. The number of sulfonamides is 1. The van der Waals surface area contributed by atoms with Gasteiger partial charge in [0.05, 0.1) is 17.5 Å². The predicted octanol–water partition coefficient (Wildman–Crippen LogP) is 6.30. The quantitative estimate of drug-likeness (QED) is 0.357. The zero-order chi connectivity index (χ0) is 36.7. The van der Waals surface area contributed by atoms with Gasteiger partial charge in [0.15, 0.2) is 0 Å². The Morgan fingerprint density at radius 2 is 1.83 bits per heavy atom. The summed E-state index contributed by atoms with van der Waals surface area (Å²) in [6.07, 6.45) is 10.2. The Labute approximate surface area is 316 Å². The van der Waals surface area contributed by atoms with Gasteiger partial charge in [0, 0.05) is 68.4 Å². The molecule has 3 heterocycles. The van der Waals surface area contributed by atoms with Crippen molar-refractivity contribution in [3.63, 3.8) is 0 Å². The predicted molar refractivity (Wildman–Crippen MR) is 208 cm³/mol. The van der Waals surface area contributed by atoms with Gasteiger partial charge in [0.2, 0.25) is 10.0 Å². The molecule has 7 rings (SSSR count). The third-order valence-corrected chi connectivity index (χ3v) is 15.2. The van der Waals surface area contributed by atoms with Gasteiger partial charge in [-0.2, -0.15) is 0 Å². The number of nitrogens with one attached hydrogen (secondary N) is 1. The molecule has 1 spiro atoms. The highest BCUT2D eigenvalue weighted by molar-refractivity contribution is 7.90. The van der Waals surface area contributed by atoms with Crippen LogP contribution in [0.1, 0.15) is 81.3 Å². The molecule has 6 atom stereocenters. The number of halogens is 1. The molecule has 2 bridgehead atoms. The van der Waals surface area contributed by atoms with E-state index >= 15 is 0 Å². The summed E-state index contributed by atoms with van der Waals surface area (Å²) in [5, 5.41) is -0.0174. The number of aryl methyl sites for hydroxylation is 1. The second-order valence-corrected chi connectivity index (χ2v) is 18.6. The highest BCUT2D eigenvalue weighted by atomic mass is 35.5. The van der Waals surface area contributed by atoms with Crippen LogP contribution in [0.4, 0.5) is 5.69 Å². The number of hydrogen-bond acceptors (Lipinski definition) is 8. The smallest absolute Gasteiger partial charge is 0.264 e. The molecule has 1 saturated heterocycles. The first-order valence-electron chi connectivity index (χ1n) is 19.6. The Morgan fingerprint density at radius 3 is 2.56 bits per heavy atom. The van der Waals surface area contributed by atoms with E-state index in [1.807, 2.05) is 25.1 Å². The lowest BCUT2D eigenvalue weighted by Gasteiger charge is -2.52. The summed E-state index contributed by atoms with van der Waals surface area (Å²) in [4.78, 5) is 21.2. The lowest BCUT2D eigenvalue weighted by Crippen LogP contribution is -2.59. The fraction of sp³-hybridized carbons (Fsp3) is 0.634. The Kier molecular flexibility index (Phi) is 11.0. The molecule has 3 aliphatic heterocycles. The van der Waals surface area contributed by atoms with Crippen LogP contribution in [0.5, 0.6) is 5.75 Å². The van der Waals surface area contributed by atoms with Crippen molar-refractivity contribution in [1.82, 2.24) is 14.5 Å². The summed E-state index contributed by atoms with van der Waals surface area (Å²) < 4.78 is 43.3. The largest absolute Gasteiger partial charge is 0.490 e. The maximum atomic E-state index is 13.7. The average molecular weight is 753 g/mol. The molecule has 2 aromatic rings. The van der Waals surface area contributed by atoms with Gasteiger partial charge in [0.1, 0.15) is 11.4 Å². The molecule has 2 aromatic carbocycles. The molecule has 0 aromatic heterocycles. The van der Waals surface area contributed by atoms with Crippen LogP contribution in [-0.4, -0.2) is 101 Å². The van der Waals surface area contributed by atoms with Crippen molar-refractivity contribution < 1.29 is 22.7 Å². The lowest BCUT2D eigenvalue weighted by molar-refractivity contribution is -0.112. The molecule has 52 heavy (non-hydrogen) atoms. The number of rotatable bonds is 5. The first-order valence-corrected chi connectivity index (χ1v) is 21.5. The van der Waals surface area contributed by atoms with Crippen LogP contribution in [-0.2, 0) is 26.6 Å². The fourth-order valence-corrected chi connectivity index (χ4v) is 11.1. The number of carbonyl (C=O) groups is 1. The molecule has 0 radical (unpaired) electrons. The van der Waals surface area contributed by atoms with Crippen molar-refractivity contribution >= 4 is 33.2 Å². The molecule has 5 aliphatic rings. The standard InChI is InChI=1S/C41H57ClN4O5S/c1-5-44-19-21-45(22-20-44)27-41(51-6-2)18-7-9-29(3)30(4)52(48,49)43-39(47)32-12-16-38-37(24-32)46(25-33-11-14-36(33)41)26-40(28-50-38)17-8-10-31-23-34(42)13-15-35(31)40/h7,12-13,15-16,18,23-24,29-30,33,36H,5-6,8-11,14,17,19-22,25-28H2,1-4H3,(H,43,47)/b18-7+/t29-,30+,33-,36+,40-,41+/m0/s1. The van der Waals surface area contributed by atoms with E-state index in [1.165, 1.54) is 11.1 Å². The minimum absolute atomic E-state index is 0.209. The van der Waals surface area contributed by atoms with E-state index in [4.69, 9.17) is 21.1 Å². The molecule has 284 valence electrons. The molecule has 1 N–H and O–H groups in total. The molecule has 11 heteroatoms. The van der Waals surface area contributed by atoms with Gasteiger partial charge in [-0.3, -0.25) is 9.69 Å². The number of fused-ring (bicyclic) bond motifs is 4. The molecule has 0 unspecified atom stereocenters. The van der Waals surface area contributed by atoms with E-state index in [2.05, 4.69) is 57.6 Å². The van der Waals surface area contributed by atoms with Crippen LogP contribution in [0.2, 0.25) is 5.02 Å². The van der Waals surface area contributed by atoms with Crippen molar-refractivity contribution in [3.05, 3.63) is 70.3 Å². The summed E-state index contributed by atoms with van der Waals surface area (Å²) in [5.74, 6) is 0.540. The monoisotopic (exact) mass is 752 g/mol. The maximum absolute atomic E-state index is 13.7. The van der Waals surface area contributed by atoms with Crippen LogP contribution in [0.25, 0.3) is 0 Å². The minimum atomic E-state index is -3.95. The molecule has 1 amide bonds. The second kappa shape index (κ2) is 15.2. The van der Waals surface area contributed by atoms with Crippen molar-refractivity contribution in [2.45, 2.75) is 82.5 Å². The minimum Gasteiger partial charge on any atom is -0.490 e. The van der Waals surface area contributed by atoms with Gasteiger partial charge in [-0.05, 0) is 118 Å². The zero-order valence-corrected chi connectivity index (χ0v) is 33.0.